The SMILES string of the molecule is CCCC(CSc1ncns1)NC. The summed E-state index contributed by atoms with van der Waals surface area (Å²) in [5, 5.41) is 3.30. The largest absolute Gasteiger partial charge is 0.316 e. The van der Waals surface area contributed by atoms with Crippen molar-refractivity contribution in [1.82, 2.24) is 14.7 Å². The highest BCUT2D eigenvalue weighted by Gasteiger charge is 2.06. The highest BCUT2D eigenvalue weighted by molar-refractivity contribution is 8.00. The molecule has 0 amide bonds. The molecule has 5 heteroatoms. The summed E-state index contributed by atoms with van der Waals surface area (Å²) < 4.78 is 5.03. The average Bonchev–Trinajstić information content (AvgIpc) is 2.64. The highest BCUT2D eigenvalue weighted by atomic mass is 32.2. The third-order valence-corrected chi connectivity index (χ3v) is 3.75. The minimum Gasteiger partial charge on any atom is -0.316 e. The van der Waals surface area contributed by atoms with Gasteiger partial charge >= 0.3 is 0 Å². The van der Waals surface area contributed by atoms with Crippen LogP contribution in [0.25, 0.3) is 0 Å². The quantitative estimate of drug-likeness (QED) is 0.740. The molecule has 0 aliphatic carbocycles. The van der Waals surface area contributed by atoms with Crippen LogP contribution < -0.4 is 5.32 Å². The van der Waals surface area contributed by atoms with Gasteiger partial charge in [0.1, 0.15) is 6.33 Å². The smallest absolute Gasteiger partial charge is 0.169 e. The second kappa shape index (κ2) is 6.34. The standard InChI is InChI=1S/C8H15N3S2/c1-3-4-7(9-2)5-12-8-10-6-11-13-8/h6-7,9H,3-5H2,1-2H3. The van der Waals surface area contributed by atoms with Crippen molar-refractivity contribution in [1.29, 1.82) is 0 Å². The maximum absolute atomic E-state index is 4.13. The first-order valence-electron chi connectivity index (χ1n) is 4.43. The zero-order chi connectivity index (χ0) is 9.52. The Morgan fingerprint density at radius 3 is 3.08 bits per heavy atom. The van der Waals surface area contributed by atoms with Crippen LogP contribution in [0, 0.1) is 0 Å². The Morgan fingerprint density at radius 2 is 2.54 bits per heavy atom. The first-order chi connectivity index (χ1) is 6.36. The lowest BCUT2D eigenvalue weighted by Gasteiger charge is -2.12. The first kappa shape index (κ1) is 10.9. The summed E-state index contributed by atoms with van der Waals surface area (Å²) in [5.74, 6) is 1.08. The Bertz CT molecular complexity index is 213. The number of thioether (sulfide) groups is 1. The molecule has 0 aliphatic heterocycles. The second-order valence-corrected chi connectivity index (χ2v) is 4.84. The van der Waals surface area contributed by atoms with Gasteiger partial charge in [0.15, 0.2) is 4.34 Å². The normalized spacial score (nSPS) is 13.1. The predicted octanol–water partition coefficient (Wildman–Crippen LogP) is 2.02. The minimum absolute atomic E-state index is 0.596. The highest BCUT2D eigenvalue weighted by Crippen LogP contribution is 2.19. The zero-order valence-electron chi connectivity index (χ0n) is 7.99. The second-order valence-electron chi connectivity index (χ2n) is 2.79. The van der Waals surface area contributed by atoms with E-state index in [0.717, 1.165) is 10.1 Å². The fourth-order valence-corrected chi connectivity index (χ4v) is 2.68. The molecule has 74 valence electrons. The Morgan fingerprint density at radius 1 is 1.69 bits per heavy atom. The van der Waals surface area contributed by atoms with Crippen LogP contribution in [0.2, 0.25) is 0 Å². The molecule has 0 bridgehead atoms. The number of nitrogens with zero attached hydrogens (tertiary/aromatic N) is 2. The molecule has 1 atom stereocenters. The maximum Gasteiger partial charge on any atom is 0.169 e. The summed E-state index contributed by atoms with van der Waals surface area (Å²) in [7, 11) is 2.01. The molecule has 1 aromatic heterocycles. The van der Waals surface area contributed by atoms with Gasteiger partial charge in [0, 0.05) is 11.8 Å². The van der Waals surface area contributed by atoms with Gasteiger partial charge in [-0.2, -0.15) is 4.37 Å². The summed E-state index contributed by atoms with van der Waals surface area (Å²) in [6.45, 7) is 2.21. The van der Waals surface area contributed by atoms with Crippen molar-refractivity contribution in [3.63, 3.8) is 0 Å². The van der Waals surface area contributed by atoms with Crippen molar-refractivity contribution in [3.05, 3.63) is 6.33 Å². The molecule has 1 rings (SSSR count). The van der Waals surface area contributed by atoms with E-state index >= 15 is 0 Å². The molecule has 0 saturated carbocycles. The van der Waals surface area contributed by atoms with E-state index in [1.807, 2.05) is 7.05 Å². The fraction of sp³-hybridized carbons (Fsp3) is 0.750. The lowest BCUT2D eigenvalue weighted by atomic mass is 10.2. The number of hydrogen-bond donors (Lipinski definition) is 1. The van der Waals surface area contributed by atoms with Gasteiger partial charge in [0.2, 0.25) is 0 Å². The number of hydrogen-bond acceptors (Lipinski definition) is 5. The van der Waals surface area contributed by atoms with Crippen molar-refractivity contribution < 1.29 is 0 Å². The van der Waals surface area contributed by atoms with Crippen molar-refractivity contribution in [2.24, 2.45) is 0 Å². The Hall–Kier alpha value is -0.130. The van der Waals surface area contributed by atoms with Gasteiger partial charge in [0.25, 0.3) is 0 Å². The molecule has 0 fully saturated rings. The summed E-state index contributed by atoms with van der Waals surface area (Å²) in [6.07, 6.45) is 4.06. The van der Waals surface area contributed by atoms with E-state index < -0.39 is 0 Å². The summed E-state index contributed by atoms with van der Waals surface area (Å²) in [4.78, 5) is 4.13. The topological polar surface area (TPSA) is 37.8 Å². The van der Waals surface area contributed by atoms with Crippen molar-refractivity contribution in [2.75, 3.05) is 12.8 Å². The molecule has 13 heavy (non-hydrogen) atoms. The Labute approximate surface area is 87.5 Å². The van der Waals surface area contributed by atoms with Crippen molar-refractivity contribution >= 4 is 23.3 Å². The molecule has 3 nitrogen and oxygen atoms in total. The van der Waals surface area contributed by atoms with E-state index in [2.05, 4.69) is 21.6 Å². The maximum atomic E-state index is 4.13. The molecule has 0 radical (unpaired) electrons. The van der Waals surface area contributed by atoms with Crippen LogP contribution in [0.5, 0.6) is 0 Å². The van der Waals surface area contributed by atoms with Gasteiger partial charge in [-0.3, -0.25) is 0 Å². The van der Waals surface area contributed by atoms with Gasteiger partial charge in [-0.15, -0.1) is 0 Å². The summed E-state index contributed by atoms with van der Waals surface area (Å²) >= 11 is 3.25. The molecular weight excluding hydrogens is 202 g/mol. The third kappa shape index (κ3) is 4.06. The predicted molar refractivity (Wildman–Crippen MR) is 58.4 cm³/mol. The van der Waals surface area contributed by atoms with Crippen LogP contribution in [-0.4, -0.2) is 28.2 Å². The van der Waals surface area contributed by atoms with Gasteiger partial charge < -0.3 is 5.32 Å². The number of aromatic nitrogens is 2. The monoisotopic (exact) mass is 217 g/mol. The fourth-order valence-electron chi connectivity index (χ4n) is 1.06. The molecule has 0 saturated heterocycles. The lowest BCUT2D eigenvalue weighted by molar-refractivity contribution is 0.564. The van der Waals surface area contributed by atoms with Crippen LogP contribution in [0.4, 0.5) is 0 Å². The Kier molecular flexibility index (Phi) is 5.34. The van der Waals surface area contributed by atoms with Gasteiger partial charge in [-0.25, -0.2) is 4.98 Å². The van der Waals surface area contributed by atoms with E-state index in [-0.39, 0.29) is 0 Å². The van der Waals surface area contributed by atoms with Crippen molar-refractivity contribution in [2.45, 2.75) is 30.1 Å². The number of rotatable bonds is 6. The molecule has 1 N–H and O–H groups in total. The zero-order valence-corrected chi connectivity index (χ0v) is 9.62. The molecule has 0 aromatic carbocycles. The van der Waals surface area contributed by atoms with Crippen LogP contribution in [0.15, 0.2) is 10.7 Å². The minimum atomic E-state index is 0.596. The van der Waals surface area contributed by atoms with E-state index in [1.165, 1.54) is 24.4 Å². The van der Waals surface area contributed by atoms with E-state index in [1.54, 1.807) is 18.1 Å². The third-order valence-electron chi connectivity index (χ3n) is 1.79. The molecular formula is C8H15N3S2. The van der Waals surface area contributed by atoms with E-state index in [9.17, 15) is 0 Å². The van der Waals surface area contributed by atoms with Gasteiger partial charge in [-0.05, 0) is 25.0 Å². The van der Waals surface area contributed by atoms with Gasteiger partial charge in [0.05, 0.1) is 0 Å². The van der Waals surface area contributed by atoms with Gasteiger partial charge in [-0.1, -0.05) is 25.1 Å². The number of nitrogens with one attached hydrogen (secondary N) is 1. The van der Waals surface area contributed by atoms with E-state index in [4.69, 9.17) is 0 Å². The van der Waals surface area contributed by atoms with Crippen LogP contribution in [-0.2, 0) is 0 Å². The summed E-state index contributed by atoms with van der Waals surface area (Å²) in [6, 6.07) is 0.596. The van der Waals surface area contributed by atoms with Crippen LogP contribution in [0.3, 0.4) is 0 Å². The van der Waals surface area contributed by atoms with Crippen LogP contribution in [0.1, 0.15) is 19.8 Å². The molecule has 0 spiro atoms. The van der Waals surface area contributed by atoms with Crippen molar-refractivity contribution in [3.8, 4) is 0 Å². The molecule has 0 aliphatic rings. The Balaban J connectivity index is 2.23. The summed E-state index contributed by atoms with van der Waals surface area (Å²) in [5.41, 5.74) is 0. The first-order valence-corrected chi connectivity index (χ1v) is 6.19. The van der Waals surface area contributed by atoms with E-state index in [0.29, 0.717) is 6.04 Å². The van der Waals surface area contributed by atoms with Crippen LogP contribution >= 0.6 is 23.3 Å². The molecule has 1 aromatic rings. The molecule has 1 unspecified atom stereocenters. The lowest BCUT2D eigenvalue weighted by Crippen LogP contribution is -2.27. The average molecular weight is 217 g/mol. The molecule has 1 heterocycles.